The second-order valence-corrected chi connectivity index (χ2v) is 4.68. The molecule has 0 aliphatic rings. The summed E-state index contributed by atoms with van der Waals surface area (Å²) in [4.78, 5) is 21.0. The fourth-order valence-corrected chi connectivity index (χ4v) is 1.29. The Bertz CT molecular complexity index is 239. The van der Waals surface area contributed by atoms with Crippen LogP contribution in [0.3, 0.4) is 0 Å². The van der Waals surface area contributed by atoms with Gasteiger partial charge in [0, 0.05) is 13.6 Å². The molecule has 0 saturated carbocycles. The SMILES string of the molecule is CN=C(N)NCCCC(N)P(=O)(O)O. The monoisotopic (exact) mass is 224 g/mol. The quantitative estimate of drug-likeness (QED) is 0.172. The highest BCUT2D eigenvalue weighted by atomic mass is 31.2. The first kappa shape index (κ1) is 13.4. The van der Waals surface area contributed by atoms with Crippen molar-refractivity contribution in [3.8, 4) is 0 Å². The molecule has 0 aromatic carbocycles. The Labute approximate surface area is 82.7 Å². The van der Waals surface area contributed by atoms with Crippen LogP contribution in [0, 0.1) is 0 Å². The van der Waals surface area contributed by atoms with Crippen LogP contribution in [0.2, 0.25) is 0 Å². The molecule has 0 aliphatic carbocycles. The number of aliphatic imine (C=N–C) groups is 1. The first-order valence-electron chi connectivity index (χ1n) is 4.15. The summed E-state index contributed by atoms with van der Waals surface area (Å²) in [6.07, 6.45) is 0.775. The van der Waals surface area contributed by atoms with Crippen molar-refractivity contribution in [1.82, 2.24) is 5.32 Å². The minimum Gasteiger partial charge on any atom is -0.370 e. The molecule has 0 rings (SSSR count). The smallest absolute Gasteiger partial charge is 0.342 e. The van der Waals surface area contributed by atoms with E-state index in [1.165, 1.54) is 0 Å². The molecule has 7 N–H and O–H groups in total. The van der Waals surface area contributed by atoms with E-state index in [0.29, 0.717) is 18.9 Å². The van der Waals surface area contributed by atoms with Crippen molar-refractivity contribution in [1.29, 1.82) is 0 Å². The lowest BCUT2D eigenvalue weighted by molar-refractivity contribution is 0.354. The van der Waals surface area contributed by atoms with Crippen LogP contribution in [0.5, 0.6) is 0 Å². The summed E-state index contributed by atoms with van der Waals surface area (Å²) < 4.78 is 10.6. The number of hydrogen-bond donors (Lipinski definition) is 5. The highest BCUT2D eigenvalue weighted by Crippen LogP contribution is 2.39. The molecule has 84 valence electrons. The molecule has 0 saturated heterocycles. The molecular formula is C6H17N4O3P. The van der Waals surface area contributed by atoms with Crippen LogP contribution in [0.1, 0.15) is 12.8 Å². The van der Waals surface area contributed by atoms with E-state index in [2.05, 4.69) is 10.3 Å². The number of hydrogen-bond acceptors (Lipinski definition) is 3. The maximum absolute atomic E-state index is 10.6. The number of nitrogens with one attached hydrogen (secondary N) is 1. The van der Waals surface area contributed by atoms with E-state index in [1.54, 1.807) is 7.05 Å². The van der Waals surface area contributed by atoms with Gasteiger partial charge < -0.3 is 26.6 Å². The van der Waals surface area contributed by atoms with Gasteiger partial charge in [0.05, 0.1) is 0 Å². The Hall–Kier alpha value is -0.620. The summed E-state index contributed by atoms with van der Waals surface area (Å²) in [6.45, 7) is 0.497. The van der Waals surface area contributed by atoms with Gasteiger partial charge in [0.15, 0.2) is 5.96 Å². The minimum absolute atomic E-state index is 0.244. The second kappa shape index (κ2) is 5.98. The van der Waals surface area contributed by atoms with Crippen LogP contribution < -0.4 is 16.8 Å². The van der Waals surface area contributed by atoms with Gasteiger partial charge in [-0.25, -0.2) is 0 Å². The Balaban J connectivity index is 3.61. The zero-order chi connectivity index (χ0) is 11.2. The molecule has 0 aliphatic heterocycles. The maximum Gasteiger partial charge on any atom is 0.342 e. The molecule has 1 unspecified atom stereocenters. The van der Waals surface area contributed by atoms with Gasteiger partial charge in [-0.15, -0.1) is 0 Å². The van der Waals surface area contributed by atoms with E-state index in [-0.39, 0.29) is 6.42 Å². The number of rotatable bonds is 5. The first-order valence-corrected chi connectivity index (χ1v) is 5.83. The Kier molecular flexibility index (Phi) is 5.71. The summed E-state index contributed by atoms with van der Waals surface area (Å²) in [7, 11) is -2.59. The third-order valence-corrected chi connectivity index (χ3v) is 2.78. The fourth-order valence-electron chi connectivity index (χ4n) is 0.775. The topological polar surface area (TPSA) is 134 Å². The van der Waals surface area contributed by atoms with E-state index >= 15 is 0 Å². The lowest BCUT2D eigenvalue weighted by Crippen LogP contribution is -2.32. The molecule has 0 amide bonds. The zero-order valence-corrected chi connectivity index (χ0v) is 8.94. The standard InChI is InChI=1S/C6H17N4O3P/c1-9-6(8)10-4-2-3-5(7)14(11,12)13/h5H,2-4,7H2,1H3,(H3,8,9,10)(H2,11,12,13). The Morgan fingerprint density at radius 1 is 1.64 bits per heavy atom. The highest BCUT2D eigenvalue weighted by molar-refractivity contribution is 7.52. The molecule has 0 spiro atoms. The van der Waals surface area contributed by atoms with Gasteiger partial charge in [-0.05, 0) is 12.8 Å². The van der Waals surface area contributed by atoms with E-state index in [0.717, 1.165) is 0 Å². The van der Waals surface area contributed by atoms with Crippen molar-refractivity contribution in [3.05, 3.63) is 0 Å². The predicted octanol–water partition coefficient (Wildman–Crippen LogP) is -1.24. The molecule has 7 nitrogen and oxygen atoms in total. The van der Waals surface area contributed by atoms with Crippen molar-refractivity contribution in [2.24, 2.45) is 16.5 Å². The lowest BCUT2D eigenvalue weighted by atomic mass is 10.3. The van der Waals surface area contributed by atoms with Crippen molar-refractivity contribution in [2.45, 2.75) is 18.6 Å². The van der Waals surface area contributed by atoms with Gasteiger partial charge in [-0.2, -0.15) is 0 Å². The average Bonchev–Trinajstić information content (AvgIpc) is 2.09. The van der Waals surface area contributed by atoms with Gasteiger partial charge in [0.1, 0.15) is 5.78 Å². The van der Waals surface area contributed by atoms with Gasteiger partial charge in [0.2, 0.25) is 0 Å². The molecular weight excluding hydrogens is 207 g/mol. The van der Waals surface area contributed by atoms with E-state index in [4.69, 9.17) is 21.3 Å². The molecule has 0 bridgehead atoms. The third kappa shape index (κ3) is 5.93. The van der Waals surface area contributed by atoms with Crippen molar-refractivity contribution >= 4 is 13.6 Å². The lowest BCUT2D eigenvalue weighted by Gasteiger charge is -2.13. The molecule has 14 heavy (non-hydrogen) atoms. The molecule has 8 heteroatoms. The first-order chi connectivity index (χ1) is 6.38. The molecule has 0 aromatic heterocycles. The van der Waals surface area contributed by atoms with E-state index in [1.807, 2.05) is 0 Å². The number of nitrogens with two attached hydrogens (primary N) is 2. The van der Waals surface area contributed by atoms with Gasteiger partial charge in [0.25, 0.3) is 0 Å². The van der Waals surface area contributed by atoms with Crippen molar-refractivity contribution in [3.63, 3.8) is 0 Å². The van der Waals surface area contributed by atoms with E-state index in [9.17, 15) is 4.57 Å². The van der Waals surface area contributed by atoms with Crippen LogP contribution in [-0.2, 0) is 4.57 Å². The van der Waals surface area contributed by atoms with Crippen molar-refractivity contribution in [2.75, 3.05) is 13.6 Å². The summed E-state index contributed by atoms with van der Waals surface area (Å²) in [5, 5.41) is 2.76. The second-order valence-electron chi connectivity index (χ2n) is 2.83. The Morgan fingerprint density at radius 2 is 2.21 bits per heavy atom. The minimum atomic E-state index is -4.14. The van der Waals surface area contributed by atoms with Crippen LogP contribution >= 0.6 is 7.60 Å². The van der Waals surface area contributed by atoms with Crippen LogP contribution in [0.4, 0.5) is 0 Å². The molecule has 0 heterocycles. The fraction of sp³-hybridized carbons (Fsp3) is 0.833. The summed E-state index contributed by atoms with van der Waals surface area (Å²) in [6, 6.07) is 0. The van der Waals surface area contributed by atoms with Gasteiger partial charge in [-0.1, -0.05) is 0 Å². The van der Waals surface area contributed by atoms with Crippen LogP contribution in [-0.4, -0.2) is 35.1 Å². The highest BCUT2D eigenvalue weighted by Gasteiger charge is 2.23. The number of nitrogens with zero attached hydrogens (tertiary/aromatic N) is 1. The zero-order valence-electron chi connectivity index (χ0n) is 8.05. The van der Waals surface area contributed by atoms with Crippen molar-refractivity contribution < 1.29 is 14.4 Å². The number of guanidine groups is 1. The maximum atomic E-state index is 10.6. The van der Waals surface area contributed by atoms with E-state index < -0.39 is 13.4 Å². The van der Waals surface area contributed by atoms with Gasteiger partial charge in [-0.3, -0.25) is 9.56 Å². The molecule has 1 atom stereocenters. The summed E-state index contributed by atoms with van der Waals surface area (Å²) >= 11 is 0. The Morgan fingerprint density at radius 3 is 2.64 bits per heavy atom. The molecule has 0 aromatic rings. The average molecular weight is 224 g/mol. The summed E-state index contributed by atoms with van der Waals surface area (Å²) in [5.74, 6) is -0.793. The summed E-state index contributed by atoms with van der Waals surface area (Å²) in [5.41, 5.74) is 10.6. The van der Waals surface area contributed by atoms with Gasteiger partial charge >= 0.3 is 7.60 Å². The molecule has 0 radical (unpaired) electrons. The molecule has 0 fully saturated rings. The van der Waals surface area contributed by atoms with Crippen LogP contribution in [0.25, 0.3) is 0 Å². The third-order valence-electron chi connectivity index (χ3n) is 1.66. The van der Waals surface area contributed by atoms with Crippen LogP contribution in [0.15, 0.2) is 4.99 Å². The predicted molar refractivity (Wildman–Crippen MR) is 54.8 cm³/mol. The normalized spacial score (nSPS) is 15.3. The largest absolute Gasteiger partial charge is 0.370 e.